The zero-order chi connectivity index (χ0) is 12.4. The van der Waals surface area contributed by atoms with Gasteiger partial charge in [-0.3, -0.25) is 14.7 Å². The lowest BCUT2D eigenvalue weighted by atomic mass is 10.2. The Morgan fingerprint density at radius 3 is 2.41 bits per heavy atom. The van der Waals surface area contributed by atoms with Gasteiger partial charge in [-0.1, -0.05) is 0 Å². The first kappa shape index (κ1) is 11.6. The van der Waals surface area contributed by atoms with E-state index in [-0.39, 0.29) is 5.91 Å². The molecule has 0 spiro atoms. The van der Waals surface area contributed by atoms with Crippen molar-refractivity contribution in [2.75, 3.05) is 26.2 Å². The molecule has 1 fully saturated rings. The zero-order valence-electron chi connectivity index (χ0n) is 10.1. The van der Waals surface area contributed by atoms with Crippen LogP contribution in [0.2, 0.25) is 0 Å². The Morgan fingerprint density at radius 2 is 1.94 bits per heavy atom. The van der Waals surface area contributed by atoms with E-state index in [0.29, 0.717) is 31.9 Å². The summed E-state index contributed by atoms with van der Waals surface area (Å²) in [4.78, 5) is 26.1. The van der Waals surface area contributed by atoms with Gasteiger partial charge < -0.3 is 9.80 Å². The van der Waals surface area contributed by atoms with Gasteiger partial charge in [0.25, 0.3) is 5.91 Å². The summed E-state index contributed by atoms with van der Waals surface area (Å²) in [7, 11) is 0. The van der Waals surface area contributed by atoms with E-state index in [2.05, 4.69) is 10.2 Å². The Hall–Kier alpha value is -1.85. The van der Waals surface area contributed by atoms with Crippen LogP contribution in [0.15, 0.2) is 0 Å². The van der Waals surface area contributed by atoms with E-state index in [9.17, 15) is 9.59 Å². The molecular formula is C11H16N4O2. The number of aryl methyl sites for hydroxylation is 1. The summed E-state index contributed by atoms with van der Waals surface area (Å²) in [6.45, 7) is 6.11. The summed E-state index contributed by atoms with van der Waals surface area (Å²) < 4.78 is 0. The van der Waals surface area contributed by atoms with Gasteiger partial charge in [0.15, 0.2) is 5.69 Å². The highest BCUT2D eigenvalue weighted by atomic mass is 16.2. The molecule has 17 heavy (non-hydrogen) atoms. The first-order valence-electron chi connectivity index (χ1n) is 5.63. The summed E-state index contributed by atoms with van der Waals surface area (Å²) >= 11 is 0. The summed E-state index contributed by atoms with van der Waals surface area (Å²) in [5, 5.41) is 6.84. The molecule has 1 saturated heterocycles. The second-order valence-electron chi connectivity index (χ2n) is 4.26. The Morgan fingerprint density at radius 1 is 1.29 bits per heavy atom. The number of H-pyrrole nitrogens is 1. The fourth-order valence-corrected chi connectivity index (χ4v) is 1.87. The van der Waals surface area contributed by atoms with Crippen LogP contribution in [0.4, 0.5) is 0 Å². The van der Waals surface area contributed by atoms with E-state index >= 15 is 0 Å². The largest absolute Gasteiger partial charge is 0.342 e. The molecule has 0 saturated carbocycles. The second kappa shape index (κ2) is 4.57. The average molecular weight is 236 g/mol. The van der Waals surface area contributed by atoms with E-state index < -0.39 is 0 Å². The van der Waals surface area contributed by atoms with Gasteiger partial charge in [0, 0.05) is 37.4 Å². The van der Waals surface area contributed by atoms with Gasteiger partial charge in [-0.05, 0) is 13.8 Å². The standard InChI is InChI=1S/C11H16N4O2/c1-8-9(2)12-13-10(8)11(17)15-5-3-14(7-16)4-6-15/h7H,3-6H2,1-2H3,(H,12,13). The van der Waals surface area contributed by atoms with Crippen molar-refractivity contribution in [3.8, 4) is 0 Å². The molecule has 0 radical (unpaired) electrons. The number of piperazine rings is 1. The highest BCUT2D eigenvalue weighted by Gasteiger charge is 2.24. The predicted molar refractivity (Wildman–Crippen MR) is 61.6 cm³/mol. The minimum atomic E-state index is -0.0580. The van der Waals surface area contributed by atoms with Crippen LogP contribution in [-0.2, 0) is 4.79 Å². The van der Waals surface area contributed by atoms with Gasteiger partial charge in [0.2, 0.25) is 6.41 Å². The van der Waals surface area contributed by atoms with Crippen molar-refractivity contribution in [1.29, 1.82) is 0 Å². The van der Waals surface area contributed by atoms with Crippen LogP contribution in [-0.4, -0.2) is 58.5 Å². The van der Waals surface area contributed by atoms with Crippen LogP contribution in [0.1, 0.15) is 21.7 Å². The van der Waals surface area contributed by atoms with Gasteiger partial charge in [-0.25, -0.2) is 0 Å². The van der Waals surface area contributed by atoms with Crippen LogP contribution < -0.4 is 0 Å². The number of rotatable bonds is 2. The molecule has 1 aliphatic rings. The van der Waals surface area contributed by atoms with Gasteiger partial charge >= 0.3 is 0 Å². The van der Waals surface area contributed by atoms with Crippen LogP contribution in [0.25, 0.3) is 0 Å². The fraction of sp³-hybridized carbons (Fsp3) is 0.545. The van der Waals surface area contributed by atoms with Crippen molar-refractivity contribution in [2.45, 2.75) is 13.8 Å². The monoisotopic (exact) mass is 236 g/mol. The number of carbonyl (C=O) groups is 2. The molecule has 0 bridgehead atoms. The van der Waals surface area contributed by atoms with Crippen molar-refractivity contribution in [3.63, 3.8) is 0 Å². The zero-order valence-corrected chi connectivity index (χ0v) is 10.1. The van der Waals surface area contributed by atoms with Gasteiger partial charge in [-0.2, -0.15) is 5.10 Å². The molecule has 1 aromatic heterocycles. The molecule has 2 heterocycles. The molecular weight excluding hydrogens is 220 g/mol. The molecule has 92 valence electrons. The topological polar surface area (TPSA) is 69.3 Å². The molecule has 0 aliphatic carbocycles. The van der Waals surface area contributed by atoms with Crippen LogP contribution >= 0.6 is 0 Å². The molecule has 6 nitrogen and oxygen atoms in total. The average Bonchev–Trinajstić information content (AvgIpc) is 2.69. The van der Waals surface area contributed by atoms with Crippen molar-refractivity contribution in [2.24, 2.45) is 0 Å². The summed E-state index contributed by atoms with van der Waals surface area (Å²) in [5.41, 5.74) is 2.30. The van der Waals surface area contributed by atoms with Crippen molar-refractivity contribution in [3.05, 3.63) is 17.0 Å². The SMILES string of the molecule is Cc1[nH]nc(C(=O)N2CCN(C=O)CC2)c1C. The number of aromatic nitrogens is 2. The Labute approximate surface area is 99.6 Å². The molecule has 0 unspecified atom stereocenters. The van der Waals surface area contributed by atoms with Gasteiger partial charge in [0.1, 0.15) is 0 Å². The number of nitrogens with zero attached hydrogens (tertiary/aromatic N) is 3. The first-order valence-corrected chi connectivity index (χ1v) is 5.63. The Bertz CT molecular complexity index is 433. The second-order valence-corrected chi connectivity index (χ2v) is 4.26. The lowest BCUT2D eigenvalue weighted by Gasteiger charge is -2.32. The first-order chi connectivity index (χ1) is 8.13. The minimum absolute atomic E-state index is 0.0580. The number of nitrogens with one attached hydrogen (secondary N) is 1. The van der Waals surface area contributed by atoms with Gasteiger partial charge in [0.05, 0.1) is 0 Å². The quantitative estimate of drug-likeness (QED) is 0.731. The number of hydrogen-bond acceptors (Lipinski definition) is 3. The lowest BCUT2D eigenvalue weighted by Crippen LogP contribution is -2.48. The molecule has 6 heteroatoms. The lowest BCUT2D eigenvalue weighted by molar-refractivity contribution is -0.119. The number of carbonyl (C=O) groups excluding carboxylic acids is 2. The highest BCUT2D eigenvalue weighted by Crippen LogP contribution is 2.12. The van der Waals surface area contributed by atoms with Crippen molar-refractivity contribution in [1.82, 2.24) is 20.0 Å². The maximum absolute atomic E-state index is 12.2. The highest BCUT2D eigenvalue weighted by molar-refractivity contribution is 5.94. The third kappa shape index (κ3) is 2.15. The van der Waals surface area contributed by atoms with Gasteiger partial charge in [-0.15, -0.1) is 0 Å². The maximum atomic E-state index is 12.2. The number of hydrogen-bond donors (Lipinski definition) is 1. The van der Waals surface area contributed by atoms with E-state index in [0.717, 1.165) is 17.7 Å². The van der Waals surface area contributed by atoms with E-state index in [1.54, 1.807) is 9.80 Å². The van der Waals surface area contributed by atoms with Crippen molar-refractivity contribution >= 4 is 12.3 Å². The molecule has 0 aromatic carbocycles. The van der Waals surface area contributed by atoms with Crippen LogP contribution in [0.5, 0.6) is 0 Å². The summed E-state index contributed by atoms with van der Waals surface area (Å²) in [6.07, 6.45) is 0.825. The molecule has 2 amide bonds. The molecule has 0 atom stereocenters. The number of aromatic amines is 1. The number of amides is 2. The Kier molecular flexibility index (Phi) is 3.12. The molecule has 1 aliphatic heterocycles. The smallest absolute Gasteiger partial charge is 0.274 e. The maximum Gasteiger partial charge on any atom is 0.274 e. The molecule has 1 aromatic rings. The summed E-state index contributed by atoms with van der Waals surface area (Å²) in [5.74, 6) is -0.0580. The van der Waals surface area contributed by atoms with Crippen LogP contribution in [0, 0.1) is 13.8 Å². The fourth-order valence-electron chi connectivity index (χ4n) is 1.87. The van der Waals surface area contributed by atoms with E-state index in [1.165, 1.54) is 0 Å². The van der Waals surface area contributed by atoms with E-state index in [1.807, 2.05) is 13.8 Å². The van der Waals surface area contributed by atoms with Crippen LogP contribution in [0.3, 0.4) is 0 Å². The molecule has 2 rings (SSSR count). The summed E-state index contributed by atoms with van der Waals surface area (Å²) in [6, 6.07) is 0. The third-order valence-corrected chi connectivity index (χ3v) is 3.21. The third-order valence-electron chi connectivity index (χ3n) is 3.21. The van der Waals surface area contributed by atoms with E-state index in [4.69, 9.17) is 0 Å². The molecule has 1 N–H and O–H groups in total. The normalized spacial score (nSPS) is 16.1. The van der Waals surface area contributed by atoms with Crippen molar-refractivity contribution < 1.29 is 9.59 Å². The minimum Gasteiger partial charge on any atom is -0.342 e. The Balaban J connectivity index is 2.07. The predicted octanol–water partition coefficient (Wildman–Crippen LogP) is -0.0593.